The summed E-state index contributed by atoms with van der Waals surface area (Å²) in [4.78, 5) is 19.2. The average Bonchev–Trinajstić information content (AvgIpc) is 3.11. The number of fused-ring (bicyclic) bond motifs is 1. The van der Waals surface area contributed by atoms with Crippen LogP contribution in [0.25, 0.3) is 5.78 Å². The summed E-state index contributed by atoms with van der Waals surface area (Å²) in [6.45, 7) is 8.43. The van der Waals surface area contributed by atoms with Crippen LogP contribution in [0.3, 0.4) is 0 Å². The number of benzene rings is 1. The summed E-state index contributed by atoms with van der Waals surface area (Å²) in [6.07, 6.45) is 2.48. The monoisotopic (exact) mass is 410 g/mol. The van der Waals surface area contributed by atoms with Gasteiger partial charge in [-0.25, -0.2) is 4.98 Å². The first-order chi connectivity index (χ1) is 14.0. The SMILES string of the molecule is Cc1cc(C)n2c(SCC(=O)Nc3ccc(N4CCC(C)CC4)cc3)nnc2n1. The second-order valence-electron chi connectivity index (χ2n) is 7.71. The van der Waals surface area contributed by atoms with E-state index in [0.717, 1.165) is 36.1 Å². The van der Waals surface area contributed by atoms with Crippen molar-refractivity contribution in [2.75, 3.05) is 29.1 Å². The highest BCUT2D eigenvalue weighted by Gasteiger charge is 2.16. The lowest BCUT2D eigenvalue weighted by Crippen LogP contribution is -2.32. The summed E-state index contributed by atoms with van der Waals surface area (Å²) in [5, 5.41) is 11.9. The van der Waals surface area contributed by atoms with Crippen molar-refractivity contribution in [1.29, 1.82) is 0 Å². The maximum absolute atomic E-state index is 12.4. The Morgan fingerprint density at radius 1 is 1.17 bits per heavy atom. The zero-order valence-corrected chi connectivity index (χ0v) is 17.9. The normalized spacial score (nSPS) is 15.1. The van der Waals surface area contributed by atoms with Crippen LogP contribution in [0.5, 0.6) is 0 Å². The van der Waals surface area contributed by atoms with Crippen LogP contribution >= 0.6 is 11.8 Å². The largest absolute Gasteiger partial charge is 0.372 e. The Bertz CT molecular complexity index is 1010. The Morgan fingerprint density at radius 3 is 2.62 bits per heavy atom. The number of carbonyl (C=O) groups is 1. The van der Waals surface area contributed by atoms with Crippen LogP contribution < -0.4 is 10.2 Å². The van der Waals surface area contributed by atoms with Gasteiger partial charge in [-0.1, -0.05) is 18.7 Å². The van der Waals surface area contributed by atoms with Gasteiger partial charge in [0.05, 0.1) is 5.75 Å². The Labute approximate surface area is 174 Å². The van der Waals surface area contributed by atoms with Gasteiger partial charge in [-0.3, -0.25) is 9.20 Å². The number of piperidine rings is 1. The number of carbonyl (C=O) groups excluding carboxylic acids is 1. The molecule has 1 aliphatic heterocycles. The minimum absolute atomic E-state index is 0.0657. The van der Waals surface area contributed by atoms with Gasteiger partial charge in [0.1, 0.15) is 0 Å². The van der Waals surface area contributed by atoms with Gasteiger partial charge < -0.3 is 10.2 Å². The van der Waals surface area contributed by atoms with Crippen LogP contribution in [0.1, 0.15) is 31.2 Å². The molecule has 1 N–H and O–H groups in total. The maximum Gasteiger partial charge on any atom is 0.256 e. The lowest BCUT2D eigenvalue weighted by molar-refractivity contribution is -0.113. The smallest absolute Gasteiger partial charge is 0.256 e. The van der Waals surface area contributed by atoms with Crippen molar-refractivity contribution in [3.8, 4) is 0 Å². The van der Waals surface area contributed by atoms with E-state index in [4.69, 9.17) is 0 Å². The maximum atomic E-state index is 12.4. The van der Waals surface area contributed by atoms with Crippen molar-refractivity contribution >= 4 is 34.8 Å². The second kappa shape index (κ2) is 8.41. The first-order valence-electron chi connectivity index (χ1n) is 9.96. The van der Waals surface area contributed by atoms with Gasteiger partial charge in [0.2, 0.25) is 5.91 Å². The van der Waals surface area contributed by atoms with E-state index in [2.05, 4.69) is 44.5 Å². The molecule has 0 unspecified atom stereocenters. The number of hydrogen-bond acceptors (Lipinski definition) is 6. The molecule has 1 saturated heterocycles. The van der Waals surface area contributed by atoms with Gasteiger partial charge in [-0.2, -0.15) is 0 Å². The third kappa shape index (κ3) is 4.53. The molecule has 0 aliphatic carbocycles. The third-order valence-electron chi connectivity index (χ3n) is 5.30. The molecular formula is C21H26N6OS. The second-order valence-corrected chi connectivity index (χ2v) is 8.65. The molecular weight excluding hydrogens is 384 g/mol. The molecule has 4 rings (SSSR count). The lowest BCUT2D eigenvalue weighted by Gasteiger charge is -2.32. The Kier molecular flexibility index (Phi) is 5.71. The molecule has 0 atom stereocenters. The highest BCUT2D eigenvalue weighted by molar-refractivity contribution is 7.99. The molecule has 2 aromatic heterocycles. The fourth-order valence-electron chi connectivity index (χ4n) is 3.64. The molecule has 7 nitrogen and oxygen atoms in total. The number of anilines is 2. The highest BCUT2D eigenvalue weighted by Crippen LogP contribution is 2.24. The predicted octanol–water partition coefficient (Wildman–Crippen LogP) is 3.71. The van der Waals surface area contributed by atoms with Crippen LogP contribution in [0.15, 0.2) is 35.5 Å². The summed E-state index contributed by atoms with van der Waals surface area (Å²) >= 11 is 1.36. The van der Waals surface area contributed by atoms with E-state index >= 15 is 0 Å². The van der Waals surface area contributed by atoms with Gasteiger partial charge in [-0.15, -0.1) is 10.2 Å². The summed E-state index contributed by atoms with van der Waals surface area (Å²) in [7, 11) is 0. The molecule has 152 valence electrons. The first kappa shape index (κ1) is 19.7. The van der Waals surface area contributed by atoms with Crippen LogP contribution in [-0.4, -0.2) is 44.3 Å². The zero-order chi connectivity index (χ0) is 20.4. The van der Waals surface area contributed by atoms with Crippen LogP contribution in [0.2, 0.25) is 0 Å². The Balaban J connectivity index is 1.34. The van der Waals surface area contributed by atoms with Crippen molar-refractivity contribution in [2.45, 2.75) is 38.8 Å². The zero-order valence-electron chi connectivity index (χ0n) is 17.1. The van der Waals surface area contributed by atoms with Crippen LogP contribution in [-0.2, 0) is 4.79 Å². The predicted molar refractivity (Wildman–Crippen MR) is 117 cm³/mol. The third-order valence-corrected chi connectivity index (χ3v) is 6.22. The number of rotatable bonds is 5. The molecule has 29 heavy (non-hydrogen) atoms. The molecule has 3 heterocycles. The number of nitrogens with one attached hydrogen (secondary N) is 1. The topological polar surface area (TPSA) is 75.4 Å². The minimum Gasteiger partial charge on any atom is -0.372 e. The first-order valence-corrected chi connectivity index (χ1v) is 10.9. The summed E-state index contributed by atoms with van der Waals surface area (Å²) < 4.78 is 1.87. The van der Waals surface area contributed by atoms with E-state index in [-0.39, 0.29) is 11.7 Å². The van der Waals surface area contributed by atoms with Crippen LogP contribution in [0, 0.1) is 19.8 Å². The molecule has 0 saturated carbocycles. The van der Waals surface area contributed by atoms with E-state index in [1.807, 2.05) is 36.4 Å². The molecule has 0 radical (unpaired) electrons. The number of aromatic nitrogens is 4. The molecule has 0 spiro atoms. The van der Waals surface area contributed by atoms with Gasteiger partial charge in [0.15, 0.2) is 5.16 Å². The average molecular weight is 411 g/mol. The van der Waals surface area contributed by atoms with E-state index < -0.39 is 0 Å². The fraction of sp³-hybridized carbons (Fsp3) is 0.429. The van der Waals surface area contributed by atoms with E-state index in [1.165, 1.54) is 30.3 Å². The van der Waals surface area contributed by atoms with E-state index in [0.29, 0.717) is 10.9 Å². The molecule has 1 aromatic carbocycles. The number of amides is 1. The fourth-order valence-corrected chi connectivity index (χ4v) is 4.43. The van der Waals surface area contributed by atoms with E-state index in [9.17, 15) is 4.79 Å². The Hall–Kier alpha value is -2.61. The van der Waals surface area contributed by atoms with E-state index in [1.54, 1.807) is 0 Å². The minimum atomic E-state index is -0.0657. The van der Waals surface area contributed by atoms with Gasteiger partial charge in [0.25, 0.3) is 5.78 Å². The van der Waals surface area contributed by atoms with Crippen molar-refractivity contribution in [3.63, 3.8) is 0 Å². The van der Waals surface area contributed by atoms with Crippen molar-refractivity contribution in [2.24, 2.45) is 5.92 Å². The number of nitrogens with zero attached hydrogens (tertiary/aromatic N) is 5. The summed E-state index contributed by atoms with van der Waals surface area (Å²) in [5.41, 5.74) is 3.93. The molecule has 8 heteroatoms. The van der Waals surface area contributed by atoms with Gasteiger partial charge in [-0.05, 0) is 62.9 Å². The van der Waals surface area contributed by atoms with Crippen molar-refractivity contribution < 1.29 is 4.79 Å². The molecule has 3 aromatic rings. The number of hydrogen-bond donors (Lipinski definition) is 1. The Morgan fingerprint density at radius 2 is 1.90 bits per heavy atom. The standard InChI is InChI=1S/C21H26N6OS/c1-14-8-10-26(11-9-14)18-6-4-17(5-7-18)23-19(28)13-29-21-25-24-20-22-15(2)12-16(3)27(20)21/h4-7,12,14H,8-11,13H2,1-3H3,(H,23,28). The quantitative estimate of drug-likeness (QED) is 0.646. The van der Waals surface area contributed by atoms with Crippen LogP contribution in [0.4, 0.5) is 11.4 Å². The van der Waals surface area contributed by atoms with Gasteiger partial charge in [0, 0.05) is 35.9 Å². The lowest BCUT2D eigenvalue weighted by atomic mass is 9.99. The highest BCUT2D eigenvalue weighted by atomic mass is 32.2. The van der Waals surface area contributed by atoms with Crippen molar-refractivity contribution in [3.05, 3.63) is 41.7 Å². The van der Waals surface area contributed by atoms with Crippen molar-refractivity contribution in [1.82, 2.24) is 19.6 Å². The summed E-state index contributed by atoms with van der Waals surface area (Å²) in [5.74, 6) is 1.57. The molecule has 1 aliphatic rings. The molecule has 1 fully saturated rings. The summed E-state index contributed by atoms with van der Waals surface area (Å²) in [6, 6.07) is 10.1. The molecule has 0 bridgehead atoms. The van der Waals surface area contributed by atoms with Gasteiger partial charge >= 0.3 is 0 Å². The molecule has 1 amide bonds. The number of thioether (sulfide) groups is 1. The number of aryl methyl sites for hydroxylation is 2.